The minimum atomic E-state index is 0.399. The number of rotatable bonds is 2. The zero-order valence-electron chi connectivity index (χ0n) is 12.0. The second kappa shape index (κ2) is 7.59. The van der Waals surface area contributed by atoms with Crippen LogP contribution >= 0.6 is 35.6 Å². The van der Waals surface area contributed by atoms with E-state index in [1.807, 2.05) is 54.6 Å². The molecule has 1 aliphatic rings. The van der Waals surface area contributed by atoms with E-state index in [1.54, 1.807) is 11.8 Å². The maximum atomic E-state index is 5.90. The summed E-state index contributed by atoms with van der Waals surface area (Å²) in [4.78, 5) is 4.33. The van der Waals surface area contributed by atoms with Gasteiger partial charge in [0.15, 0.2) is 10.3 Å². The van der Waals surface area contributed by atoms with Gasteiger partial charge in [-0.1, -0.05) is 53.7 Å². The highest BCUT2D eigenvalue weighted by Gasteiger charge is 2.13. The van der Waals surface area contributed by atoms with Crippen molar-refractivity contribution in [2.24, 2.45) is 10.1 Å². The molecule has 116 valence electrons. The van der Waals surface area contributed by atoms with E-state index in [0.29, 0.717) is 15.3 Å². The third-order valence-corrected chi connectivity index (χ3v) is 4.36. The zero-order valence-corrected chi connectivity index (χ0v) is 14.4. The molecule has 2 aromatic carbocycles. The van der Waals surface area contributed by atoms with E-state index in [4.69, 9.17) is 23.8 Å². The fraction of sp³-hybridized carbons (Fsp3) is 0.0625. The van der Waals surface area contributed by atoms with Gasteiger partial charge >= 0.3 is 0 Å². The molecule has 0 spiro atoms. The Bertz CT molecular complexity index is 757. The lowest BCUT2D eigenvalue weighted by atomic mass is 10.1. The highest BCUT2D eigenvalue weighted by molar-refractivity contribution is 8.14. The number of benzene rings is 2. The van der Waals surface area contributed by atoms with Gasteiger partial charge in [-0.2, -0.15) is 10.1 Å². The second-order valence-corrected chi connectivity index (χ2v) is 6.47. The number of para-hydroxylation sites is 1. The van der Waals surface area contributed by atoms with E-state index >= 15 is 0 Å². The third-order valence-electron chi connectivity index (χ3n) is 3.04. The largest absolute Gasteiger partial charge is 0.331 e. The van der Waals surface area contributed by atoms with Gasteiger partial charge in [0.2, 0.25) is 0 Å². The van der Waals surface area contributed by atoms with Crippen molar-refractivity contribution < 1.29 is 0 Å². The predicted molar refractivity (Wildman–Crippen MR) is 104 cm³/mol. The number of anilines is 1. The monoisotopic (exact) mass is 360 g/mol. The smallest absolute Gasteiger partial charge is 0.199 e. The molecule has 3 rings (SSSR count). The average Bonchev–Trinajstić information content (AvgIpc) is 2.57. The standard InChI is InChI=1S/C16H13ClN4S2/c17-12-8-6-11(7-9-12)14-10-23-16(21-20-14)19-15(22)18-13-4-2-1-3-5-13/h1-9H,10H2,(H2,18,19,21,22). The molecular formula is C16H13ClN4S2. The van der Waals surface area contributed by atoms with Crippen molar-refractivity contribution in [3.63, 3.8) is 0 Å². The SMILES string of the molecule is S=C(/N=C1\NN=C(c2ccc(Cl)cc2)CS1)Nc1ccccc1. The van der Waals surface area contributed by atoms with Gasteiger partial charge in [0.05, 0.1) is 5.71 Å². The molecule has 0 bridgehead atoms. The highest BCUT2D eigenvalue weighted by atomic mass is 35.5. The first-order chi connectivity index (χ1) is 11.2. The average molecular weight is 361 g/mol. The second-order valence-electron chi connectivity index (χ2n) is 4.68. The van der Waals surface area contributed by atoms with Crippen LogP contribution in [0.2, 0.25) is 5.02 Å². The molecule has 0 amide bonds. The number of halogens is 1. The van der Waals surface area contributed by atoms with Crippen LogP contribution in [0.15, 0.2) is 64.7 Å². The summed E-state index contributed by atoms with van der Waals surface area (Å²) in [5.41, 5.74) is 5.84. The number of aliphatic imine (C=N–C) groups is 1. The predicted octanol–water partition coefficient (Wildman–Crippen LogP) is 4.13. The van der Waals surface area contributed by atoms with E-state index < -0.39 is 0 Å². The molecular weight excluding hydrogens is 348 g/mol. The summed E-state index contributed by atoms with van der Waals surface area (Å²) in [6.07, 6.45) is 0. The van der Waals surface area contributed by atoms with E-state index in [0.717, 1.165) is 22.7 Å². The van der Waals surface area contributed by atoms with Gasteiger partial charge in [-0.3, -0.25) is 5.43 Å². The van der Waals surface area contributed by atoms with Crippen LogP contribution in [-0.4, -0.2) is 21.7 Å². The first kappa shape index (κ1) is 16.0. The van der Waals surface area contributed by atoms with Crippen molar-refractivity contribution in [1.29, 1.82) is 0 Å². The summed E-state index contributed by atoms with van der Waals surface area (Å²) < 4.78 is 0. The summed E-state index contributed by atoms with van der Waals surface area (Å²) >= 11 is 12.7. The Hall–Kier alpha value is -1.89. The molecule has 0 fully saturated rings. The van der Waals surface area contributed by atoms with Crippen LogP contribution in [0.25, 0.3) is 0 Å². The van der Waals surface area contributed by atoms with Crippen molar-refractivity contribution in [2.75, 3.05) is 11.1 Å². The summed E-state index contributed by atoms with van der Waals surface area (Å²) in [5.74, 6) is 0.724. The Kier molecular flexibility index (Phi) is 5.27. The number of thioether (sulfide) groups is 1. The van der Waals surface area contributed by atoms with Crippen LogP contribution in [0, 0.1) is 0 Å². The van der Waals surface area contributed by atoms with Crippen molar-refractivity contribution >= 4 is 57.3 Å². The third kappa shape index (κ3) is 4.54. The molecule has 4 nitrogen and oxygen atoms in total. The van der Waals surface area contributed by atoms with E-state index in [1.165, 1.54) is 0 Å². The summed E-state index contributed by atoms with van der Waals surface area (Å²) in [6.45, 7) is 0. The lowest BCUT2D eigenvalue weighted by molar-refractivity contribution is 1.04. The van der Waals surface area contributed by atoms with Gasteiger partial charge in [0, 0.05) is 16.5 Å². The zero-order chi connectivity index (χ0) is 16.1. The molecule has 0 saturated heterocycles. The van der Waals surface area contributed by atoms with Crippen LogP contribution in [0.4, 0.5) is 5.69 Å². The normalized spacial score (nSPS) is 15.7. The summed E-state index contributed by atoms with van der Waals surface area (Å²) in [6, 6.07) is 17.3. The minimum Gasteiger partial charge on any atom is -0.331 e. The van der Waals surface area contributed by atoms with Crippen LogP contribution in [0.5, 0.6) is 0 Å². The topological polar surface area (TPSA) is 48.8 Å². The van der Waals surface area contributed by atoms with Crippen LogP contribution < -0.4 is 10.7 Å². The van der Waals surface area contributed by atoms with E-state index in [-0.39, 0.29) is 0 Å². The number of hydrogen-bond acceptors (Lipinski definition) is 3. The van der Waals surface area contributed by atoms with Crippen molar-refractivity contribution in [3.8, 4) is 0 Å². The first-order valence-corrected chi connectivity index (χ1v) is 8.64. The lowest BCUT2D eigenvalue weighted by Gasteiger charge is -2.15. The molecule has 0 aliphatic carbocycles. The Morgan fingerprint density at radius 1 is 1.17 bits per heavy atom. The Balaban J connectivity index is 1.63. The molecule has 2 aromatic rings. The number of thiocarbonyl (C=S) groups is 1. The van der Waals surface area contributed by atoms with Crippen molar-refractivity contribution in [3.05, 3.63) is 65.2 Å². The molecule has 23 heavy (non-hydrogen) atoms. The maximum absolute atomic E-state index is 5.90. The van der Waals surface area contributed by atoms with Crippen molar-refractivity contribution in [2.45, 2.75) is 0 Å². The van der Waals surface area contributed by atoms with Crippen LogP contribution in [-0.2, 0) is 0 Å². The fourth-order valence-electron chi connectivity index (χ4n) is 1.93. The highest BCUT2D eigenvalue weighted by Crippen LogP contribution is 2.16. The number of hydrazone groups is 1. The number of nitrogens with zero attached hydrogens (tertiary/aromatic N) is 2. The van der Waals surface area contributed by atoms with Gasteiger partial charge in [0.25, 0.3) is 0 Å². The van der Waals surface area contributed by atoms with Gasteiger partial charge in [-0.15, -0.1) is 0 Å². The molecule has 7 heteroatoms. The molecule has 0 unspecified atom stereocenters. The molecule has 1 heterocycles. The van der Waals surface area contributed by atoms with E-state index in [9.17, 15) is 0 Å². The lowest BCUT2D eigenvalue weighted by Crippen LogP contribution is -2.26. The molecule has 1 aliphatic heterocycles. The van der Waals surface area contributed by atoms with E-state index in [2.05, 4.69) is 20.8 Å². The number of hydrogen-bond donors (Lipinski definition) is 2. The van der Waals surface area contributed by atoms with Gasteiger partial charge in [-0.05, 0) is 42.0 Å². The minimum absolute atomic E-state index is 0.399. The van der Waals surface area contributed by atoms with Gasteiger partial charge < -0.3 is 5.32 Å². The molecule has 0 aromatic heterocycles. The Labute approximate surface area is 149 Å². The molecule has 2 N–H and O–H groups in total. The molecule has 0 radical (unpaired) electrons. The quantitative estimate of drug-likeness (QED) is 0.790. The number of amidine groups is 1. The van der Waals surface area contributed by atoms with Crippen LogP contribution in [0.3, 0.4) is 0 Å². The summed E-state index contributed by atoms with van der Waals surface area (Å²) in [7, 11) is 0. The first-order valence-electron chi connectivity index (χ1n) is 6.87. The summed E-state index contributed by atoms with van der Waals surface area (Å²) in [5, 5.41) is 9.21. The van der Waals surface area contributed by atoms with Gasteiger partial charge in [-0.25, -0.2) is 0 Å². The van der Waals surface area contributed by atoms with Crippen LogP contribution in [0.1, 0.15) is 5.56 Å². The Morgan fingerprint density at radius 2 is 1.91 bits per heavy atom. The molecule has 0 saturated carbocycles. The molecule has 0 atom stereocenters. The van der Waals surface area contributed by atoms with Crippen molar-refractivity contribution in [1.82, 2.24) is 5.43 Å². The van der Waals surface area contributed by atoms with Gasteiger partial charge in [0.1, 0.15) is 0 Å². The number of nitrogens with one attached hydrogen (secondary N) is 2. The maximum Gasteiger partial charge on any atom is 0.199 e. The Morgan fingerprint density at radius 3 is 2.57 bits per heavy atom. The fourth-order valence-corrected chi connectivity index (χ4v) is 3.09.